The lowest BCUT2D eigenvalue weighted by Gasteiger charge is -2.41. The van der Waals surface area contributed by atoms with Gasteiger partial charge in [0.15, 0.2) is 6.23 Å². The second-order valence-electron chi connectivity index (χ2n) is 8.02. The molecule has 5 atom stereocenters. The maximum Gasteiger partial charge on any atom is 0.157 e. The Morgan fingerprint density at radius 3 is 2.41 bits per heavy atom. The molecule has 1 aromatic rings. The number of aliphatic hydroxyl groups excluding tert-OH is 4. The number of halogens is 2. The van der Waals surface area contributed by atoms with Crippen molar-refractivity contribution in [1.82, 2.24) is 4.90 Å². The molecule has 1 aliphatic heterocycles. The first-order valence-corrected chi connectivity index (χ1v) is 11.7. The van der Waals surface area contributed by atoms with Gasteiger partial charge in [0.25, 0.3) is 0 Å². The molecule has 1 saturated carbocycles. The van der Waals surface area contributed by atoms with Crippen LogP contribution in [0.1, 0.15) is 37.7 Å². The normalized spacial score (nSPS) is 31.2. The molecule has 1 aliphatic carbocycles. The predicted octanol–water partition coefficient (Wildman–Crippen LogP) is 2.19. The Hall–Kier alpha value is -0.260. The fourth-order valence-electron chi connectivity index (χ4n) is 4.20. The summed E-state index contributed by atoms with van der Waals surface area (Å²) in [6.45, 7) is 0.254. The van der Waals surface area contributed by atoms with E-state index in [0.717, 1.165) is 20.2 Å². The van der Waals surface area contributed by atoms with E-state index in [-0.39, 0.29) is 0 Å². The van der Waals surface area contributed by atoms with Crippen LogP contribution >= 0.6 is 31.9 Å². The largest absolute Gasteiger partial charge is 0.394 e. The molecule has 0 radical (unpaired) electrons. The molecule has 29 heavy (non-hydrogen) atoms. The summed E-state index contributed by atoms with van der Waals surface area (Å²) in [4.78, 5) is 2.35. The van der Waals surface area contributed by atoms with Gasteiger partial charge in [0.05, 0.1) is 12.3 Å². The summed E-state index contributed by atoms with van der Waals surface area (Å²) in [5.41, 5.74) is 1.76. The Labute approximate surface area is 188 Å². The fraction of sp³-hybridized carbons (Fsp3) is 0.700. The lowest BCUT2D eigenvalue weighted by molar-refractivity contribution is -0.221. The van der Waals surface area contributed by atoms with Crippen LogP contribution in [0.5, 0.6) is 0 Å². The van der Waals surface area contributed by atoms with Gasteiger partial charge in [-0.3, -0.25) is 4.90 Å². The molecule has 0 amide bonds. The number of nitrogens with one attached hydrogen (secondary N) is 1. The fourth-order valence-corrected chi connectivity index (χ4v) is 5.62. The summed E-state index contributed by atoms with van der Waals surface area (Å²) in [5, 5.41) is 43.1. The zero-order valence-corrected chi connectivity index (χ0v) is 19.6. The monoisotopic (exact) mass is 536 g/mol. The zero-order valence-electron chi connectivity index (χ0n) is 16.5. The van der Waals surface area contributed by atoms with Crippen LogP contribution in [0.25, 0.3) is 0 Å². The Bertz CT molecular complexity index is 687. The summed E-state index contributed by atoms with van der Waals surface area (Å²) < 4.78 is 7.34. The van der Waals surface area contributed by atoms with Crippen LogP contribution in [0, 0.1) is 0 Å². The van der Waals surface area contributed by atoms with Gasteiger partial charge < -0.3 is 30.5 Å². The van der Waals surface area contributed by atoms with Gasteiger partial charge in [-0.15, -0.1) is 0 Å². The number of hydrogen-bond acceptors (Lipinski definition) is 7. The number of aliphatic hydroxyl groups is 4. The first kappa shape index (κ1) is 23.4. The van der Waals surface area contributed by atoms with Gasteiger partial charge in [-0.25, -0.2) is 0 Å². The van der Waals surface area contributed by atoms with Crippen molar-refractivity contribution in [2.45, 2.75) is 75.3 Å². The van der Waals surface area contributed by atoms with Gasteiger partial charge in [-0.2, -0.15) is 0 Å². The number of rotatable bonds is 6. The van der Waals surface area contributed by atoms with Crippen molar-refractivity contribution < 1.29 is 25.2 Å². The molecule has 3 rings (SSSR count). The summed E-state index contributed by atoms with van der Waals surface area (Å²) in [5.74, 6) is 0. The number of nitrogens with zero attached hydrogens (tertiary/aromatic N) is 1. The summed E-state index contributed by atoms with van der Waals surface area (Å²) in [6, 6.07) is 4.47. The van der Waals surface area contributed by atoms with E-state index in [1.165, 1.54) is 32.1 Å². The van der Waals surface area contributed by atoms with Crippen molar-refractivity contribution in [2.75, 3.05) is 19.0 Å². The summed E-state index contributed by atoms with van der Waals surface area (Å²) in [7, 11) is 2.13. The van der Waals surface area contributed by atoms with Crippen LogP contribution in [0.4, 0.5) is 5.69 Å². The van der Waals surface area contributed by atoms with E-state index in [1.807, 2.05) is 12.1 Å². The highest BCUT2D eigenvalue weighted by Gasteiger charge is 2.43. The van der Waals surface area contributed by atoms with Crippen molar-refractivity contribution in [1.29, 1.82) is 0 Å². The van der Waals surface area contributed by atoms with E-state index < -0.39 is 37.3 Å². The van der Waals surface area contributed by atoms with Crippen LogP contribution in [0.3, 0.4) is 0 Å². The van der Waals surface area contributed by atoms with Crippen LogP contribution in [0.15, 0.2) is 21.1 Å². The van der Waals surface area contributed by atoms with E-state index in [1.54, 1.807) is 0 Å². The molecule has 2 fully saturated rings. The minimum Gasteiger partial charge on any atom is -0.394 e. The average Bonchev–Trinajstić information content (AvgIpc) is 2.71. The Balaban J connectivity index is 1.81. The molecule has 0 bridgehead atoms. The van der Waals surface area contributed by atoms with E-state index >= 15 is 0 Å². The number of benzene rings is 1. The molecular weight excluding hydrogens is 508 g/mol. The Morgan fingerprint density at radius 2 is 1.76 bits per heavy atom. The Morgan fingerprint density at radius 1 is 1.07 bits per heavy atom. The molecule has 5 N–H and O–H groups in total. The smallest absolute Gasteiger partial charge is 0.157 e. The van der Waals surface area contributed by atoms with E-state index in [2.05, 4.69) is 49.1 Å². The molecule has 1 aromatic carbocycles. The number of ether oxygens (including phenoxy) is 1. The highest BCUT2D eigenvalue weighted by Crippen LogP contribution is 2.35. The first-order valence-electron chi connectivity index (χ1n) is 10.1. The van der Waals surface area contributed by atoms with Gasteiger partial charge >= 0.3 is 0 Å². The van der Waals surface area contributed by atoms with Crippen molar-refractivity contribution in [3.63, 3.8) is 0 Å². The first-order chi connectivity index (χ1) is 13.8. The van der Waals surface area contributed by atoms with E-state index in [4.69, 9.17) is 4.74 Å². The standard InChI is InChI=1S/C20H30Br2N2O5/c1-24(13-5-3-2-4-6-13)9-11-7-12(21)8-14(22)16(11)23-20-19(28)18(27)17(26)15(10-25)29-20/h7-8,13,15,17-20,23,25-28H,2-6,9-10H2,1H3. The van der Waals surface area contributed by atoms with Crippen molar-refractivity contribution in [3.05, 3.63) is 26.6 Å². The molecule has 1 heterocycles. The molecular formula is C20H30Br2N2O5. The highest BCUT2D eigenvalue weighted by atomic mass is 79.9. The summed E-state index contributed by atoms with van der Waals surface area (Å²) in [6.07, 6.45) is 0.154. The average molecular weight is 538 g/mol. The van der Waals surface area contributed by atoms with Gasteiger partial charge in [0, 0.05) is 21.5 Å². The minimum atomic E-state index is -1.42. The van der Waals surface area contributed by atoms with E-state index in [9.17, 15) is 20.4 Å². The highest BCUT2D eigenvalue weighted by molar-refractivity contribution is 9.11. The third-order valence-corrected chi connectivity index (χ3v) is 7.02. The van der Waals surface area contributed by atoms with Crippen molar-refractivity contribution in [3.8, 4) is 0 Å². The quantitative estimate of drug-likeness (QED) is 0.379. The van der Waals surface area contributed by atoms with Gasteiger partial charge in [-0.05, 0) is 53.5 Å². The maximum atomic E-state index is 10.4. The molecule has 164 valence electrons. The van der Waals surface area contributed by atoms with Gasteiger partial charge in [0.1, 0.15) is 24.4 Å². The third-order valence-electron chi connectivity index (χ3n) is 5.93. The molecule has 2 aliphatic rings. The molecule has 5 unspecified atom stereocenters. The molecule has 1 saturated heterocycles. The maximum absolute atomic E-state index is 10.4. The molecule has 9 heteroatoms. The lowest BCUT2D eigenvalue weighted by Crippen LogP contribution is -2.60. The predicted molar refractivity (Wildman–Crippen MR) is 118 cm³/mol. The lowest BCUT2D eigenvalue weighted by atomic mass is 9.94. The van der Waals surface area contributed by atoms with Crippen LogP contribution < -0.4 is 5.32 Å². The molecule has 7 nitrogen and oxygen atoms in total. The molecule has 0 aromatic heterocycles. The zero-order chi connectivity index (χ0) is 21.1. The van der Waals surface area contributed by atoms with E-state index in [0.29, 0.717) is 12.6 Å². The summed E-state index contributed by atoms with van der Waals surface area (Å²) >= 11 is 7.13. The molecule has 0 spiro atoms. The van der Waals surface area contributed by atoms with Crippen molar-refractivity contribution >= 4 is 37.5 Å². The third kappa shape index (κ3) is 5.51. The van der Waals surface area contributed by atoms with Crippen LogP contribution in [-0.4, -0.2) is 75.7 Å². The van der Waals surface area contributed by atoms with Gasteiger partial charge in [-0.1, -0.05) is 35.2 Å². The second-order valence-corrected chi connectivity index (χ2v) is 9.79. The SMILES string of the molecule is CN(Cc1cc(Br)cc(Br)c1NC1OC(CO)C(O)C(O)C1O)C1CCCCC1. The van der Waals surface area contributed by atoms with Crippen LogP contribution in [-0.2, 0) is 11.3 Å². The topological polar surface area (TPSA) is 105 Å². The number of anilines is 1. The van der Waals surface area contributed by atoms with Crippen LogP contribution in [0.2, 0.25) is 0 Å². The second kappa shape index (κ2) is 10.4. The van der Waals surface area contributed by atoms with Crippen molar-refractivity contribution in [2.24, 2.45) is 0 Å². The Kier molecular flexibility index (Phi) is 8.37. The minimum absolute atomic E-state index is 0.456. The van der Waals surface area contributed by atoms with Gasteiger partial charge in [0.2, 0.25) is 0 Å². The number of hydrogen-bond donors (Lipinski definition) is 5.